The molecule has 2 amide bonds. The van der Waals surface area contributed by atoms with E-state index in [1.54, 1.807) is 37.4 Å². The lowest BCUT2D eigenvalue weighted by molar-refractivity contribution is -0.117. The molecule has 2 aromatic carbocycles. The van der Waals surface area contributed by atoms with Gasteiger partial charge >= 0.3 is 0 Å². The molecule has 0 radical (unpaired) electrons. The van der Waals surface area contributed by atoms with Gasteiger partial charge in [0.25, 0.3) is 0 Å². The van der Waals surface area contributed by atoms with Gasteiger partial charge in [-0.15, -0.1) is 0 Å². The van der Waals surface area contributed by atoms with Crippen molar-refractivity contribution in [2.75, 3.05) is 36.7 Å². The molecule has 0 unspecified atom stereocenters. The van der Waals surface area contributed by atoms with Gasteiger partial charge in [-0.25, -0.2) is 0 Å². The fourth-order valence-electron chi connectivity index (χ4n) is 2.54. The first-order valence-electron chi connectivity index (χ1n) is 9.07. The number of methoxy groups -OCH3 is 2. The first-order chi connectivity index (χ1) is 13.4. The predicted octanol–water partition coefficient (Wildman–Crippen LogP) is 3.74. The van der Waals surface area contributed by atoms with E-state index < -0.39 is 0 Å². The number of carbonyl (C=O) groups is 2. The summed E-state index contributed by atoms with van der Waals surface area (Å²) in [5.74, 6) is 1.25. The molecule has 0 heterocycles. The zero-order valence-corrected chi connectivity index (χ0v) is 16.7. The van der Waals surface area contributed by atoms with Crippen molar-refractivity contribution in [1.82, 2.24) is 0 Å². The molecule has 2 rings (SSSR count). The van der Waals surface area contributed by atoms with E-state index in [9.17, 15) is 9.59 Å². The molecule has 0 atom stereocenters. The summed E-state index contributed by atoms with van der Waals surface area (Å²) in [4.78, 5) is 24.0. The highest BCUT2D eigenvalue weighted by atomic mass is 16.5. The number of hydrogen-bond donors (Lipinski definition) is 3. The zero-order valence-electron chi connectivity index (χ0n) is 16.7. The van der Waals surface area contributed by atoms with Crippen LogP contribution in [0.2, 0.25) is 0 Å². The second-order valence-electron chi connectivity index (χ2n) is 6.69. The van der Waals surface area contributed by atoms with Crippen molar-refractivity contribution in [3.05, 3.63) is 42.5 Å². The number of rotatable bonds is 9. The molecule has 0 aliphatic heterocycles. The molecule has 0 fully saturated rings. The van der Waals surface area contributed by atoms with Gasteiger partial charge in [-0.2, -0.15) is 0 Å². The third-order valence-electron chi connectivity index (χ3n) is 3.90. The Morgan fingerprint density at radius 3 is 2.18 bits per heavy atom. The van der Waals surface area contributed by atoms with Crippen molar-refractivity contribution < 1.29 is 19.1 Å². The minimum Gasteiger partial charge on any atom is -0.497 e. The summed E-state index contributed by atoms with van der Waals surface area (Å²) in [6.07, 6.45) is 0.480. The zero-order chi connectivity index (χ0) is 20.5. The molecule has 0 saturated heterocycles. The lowest BCUT2D eigenvalue weighted by Crippen LogP contribution is -2.22. The van der Waals surface area contributed by atoms with Crippen LogP contribution >= 0.6 is 0 Å². The summed E-state index contributed by atoms with van der Waals surface area (Å²) in [6.45, 7) is 4.08. The Morgan fingerprint density at radius 2 is 1.57 bits per heavy atom. The van der Waals surface area contributed by atoms with Crippen molar-refractivity contribution >= 4 is 28.9 Å². The quantitative estimate of drug-likeness (QED) is 0.612. The standard InChI is InChI=1S/C21H27N3O4/c1-14(2)11-20(25)23-16-7-5-15(6-8-16)22-13-21(26)24-18-12-17(27-3)9-10-19(18)28-4/h5-10,12,14,22H,11,13H2,1-4H3,(H,23,25)(H,24,26). The summed E-state index contributed by atoms with van der Waals surface area (Å²) in [5, 5.41) is 8.70. The van der Waals surface area contributed by atoms with Crippen molar-refractivity contribution in [3.63, 3.8) is 0 Å². The molecule has 0 bridgehead atoms. The molecule has 3 N–H and O–H groups in total. The van der Waals surface area contributed by atoms with Crippen LogP contribution in [0.5, 0.6) is 11.5 Å². The number of amides is 2. The van der Waals surface area contributed by atoms with E-state index in [4.69, 9.17) is 9.47 Å². The normalized spacial score (nSPS) is 10.3. The monoisotopic (exact) mass is 385 g/mol. The highest BCUT2D eigenvalue weighted by Gasteiger charge is 2.09. The van der Waals surface area contributed by atoms with Gasteiger partial charge in [0.15, 0.2) is 0 Å². The average Bonchev–Trinajstić information content (AvgIpc) is 2.66. The van der Waals surface area contributed by atoms with Crippen LogP contribution in [0, 0.1) is 5.92 Å². The number of carbonyl (C=O) groups excluding carboxylic acids is 2. The molecule has 2 aromatic rings. The van der Waals surface area contributed by atoms with Gasteiger partial charge in [-0.3, -0.25) is 9.59 Å². The molecule has 7 nitrogen and oxygen atoms in total. The maximum absolute atomic E-state index is 12.2. The molecule has 0 aromatic heterocycles. The SMILES string of the molecule is COc1ccc(OC)c(NC(=O)CNc2ccc(NC(=O)CC(C)C)cc2)c1. The van der Waals surface area contributed by atoms with Gasteiger partial charge in [0.05, 0.1) is 26.5 Å². The van der Waals surface area contributed by atoms with Crippen LogP contribution in [0.1, 0.15) is 20.3 Å². The number of hydrogen-bond acceptors (Lipinski definition) is 5. The van der Waals surface area contributed by atoms with Crippen LogP contribution in [-0.4, -0.2) is 32.6 Å². The lowest BCUT2D eigenvalue weighted by Gasteiger charge is -2.13. The van der Waals surface area contributed by atoms with Crippen molar-refractivity contribution in [2.45, 2.75) is 20.3 Å². The van der Waals surface area contributed by atoms with Gasteiger partial charge in [0, 0.05) is 23.9 Å². The Balaban J connectivity index is 1.88. The van der Waals surface area contributed by atoms with E-state index in [1.807, 2.05) is 26.0 Å². The second-order valence-corrected chi connectivity index (χ2v) is 6.69. The fraction of sp³-hybridized carbons (Fsp3) is 0.333. The minimum absolute atomic E-state index is 0.0117. The number of anilines is 3. The predicted molar refractivity (Wildman–Crippen MR) is 111 cm³/mol. The minimum atomic E-state index is -0.221. The smallest absolute Gasteiger partial charge is 0.243 e. The van der Waals surface area contributed by atoms with Crippen molar-refractivity contribution in [1.29, 1.82) is 0 Å². The van der Waals surface area contributed by atoms with Crippen LogP contribution in [0.15, 0.2) is 42.5 Å². The summed E-state index contributed by atoms with van der Waals surface area (Å²) in [6, 6.07) is 12.4. The molecule has 0 aliphatic carbocycles. The largest absolute Gasteiger partial charge is 0.497 e. The van der Waals surface area contributed by atoms with Gasteiger partial charge in [-0.1, -0.05) is 13.8 Å². The number of benzene rings is 2. The van der Waals surface area contributed by atoms with Crippen LogP contribution < -0.4 is 25.4 Å². The molecule has 0 aliphatic rings. The molecule has 150 valence electrons. The lowest BCUT2D eigenvalue weighted by atomic mass is 10.1. The summed E-state index contributed by atoms with van der Waals surface area (Å²) in [5.41, 5.74) is 2.04. The Labute approximate surface area is 165 Å². The summed E-state index contributed by atoms with van der Waals surface area (Å²) >= 11 is 0. The Morgan fingerprint density at radius 1 is 0.893 bits per heavy atom. The Kier molecular flexibility index (Phi) is 7.68. The highest BCUT2D eigenvalue weighted by molar-refractivity contribution is 5.95. The number of ether oxygens (including phenoxy) is 2. The maximum atomic E-state index is 12.2. The average molecular weight is 385 g/mol. The van der Waals surface area contributed by atoms with Crippen LogP contribution in [0.4, 0.5) is 17.1 Å². The van der Waals surface area contributed by atoms with Gasteiger partial charge in [0.1, 0.15) is 11.5 Å². The van der Waals surface area contributed by atoms with Crippen molar-refractivity contribution in [2.24, 2.45) is 5.92 Å². The van der Waals surface area contributed by atoms with E-state index in [-0.39, 0.29) is 18.4 Å². The molecular formula is C21H27N3O4. The Bertz CT molecular complexity index is 804. The van der Waals surface area contributed by atoms with Crippen LogP contribution in [-0.2, 0) is 9.59 Å². The van der Waals surface area contributed by atoms with Crippen molar-refractivity contribution in [3.8, 4) is 11.5 Å². The Hall–Kier alpha value is -3.22. The molecule has 0 spiro atoms. The van der Waals surface area contributed by atoms with E-state index in [0.717, 1.165) is 11.4 Å². The van der Waals surface area contributed by atoms with Gasteiger partial charge < -0.3 is 25.4 Å². The van der Waals surface area contributed by atoms with Crippen LogP contribution in [0.25, 0.3) is 0 Å². The maximum Gasteiger partial charge on any atom is 0.243 e. The molecular weight excluding hydrogens is 358 g/mol. The first-order valence-corrected chi connectivity index (χ1v) is 9.07. The van der Waals surface area contributed by atoms with E-state index >= 15 is 0 Å². The topological polar surface area (TPSA) is 88.7 Å². The highest BCUT2D eigenvalue weighted by Crippen LogP contribution is 2.28. The van der Waals surface area contributed by atoms with Gasteiger partial charge in [-0.05, 0) is 42.3 Å². The second kappa shape index (κ2) is 10.2. The molecule has 7 heteroatoms. The summed E-state index contributed by atoms with van der Waals surface area (Å²) in [7, 11) is 3.10. The van der Waals surface area contributed by atoms with E-state index in [0.29, 0.717) is 29.5 Å². The van der Waals surface area contributed by atoms with Crippen LogP contribution in [0.3, 0.4) is 0 Å². The van der Waals surface area contributed by atoms with Gasteiger partial charge in [0.2, 0.25) is 11.8 Å². The fourth-order valence-corrected chi connectivity index (χ4v) is 2.54. The van der Waals surface area contributed by atoms with E-state index in [2.05, 4.69) is 16.0 Å². The third-order valence-corrected chi connectivity index (χ3v) is 3.90. The summed E-state index contributed by atoms with van der Waals surface area (Å²) < 4.78 is 10.4. The number of nitrogens with one attached hydrogen (secondary N) is 3. The first kappa shape index (κ1) is 21.1. The van der Waals surface area contributed by atoms with E-state index in [1.165, 1.54) is 7.11 Å². The molecule has 28 heavy (non-hydrogen) atoms. The molecule has 0 saturated carbocycles. The third kappa shape index (κ3) is 6.50.